The number of nitrogens with zero attached hydrogens (tertiary/aromatic N) is 1. The first-order valence-electron chi connectivity index (χ1n) is 7.24. The Balaban J connectivity index is 1.65. The van der Waals surface area contributed by atoms with E-state index in [-0.39, 0.29) is 5.91 Å². The number of hydrogen-bond acceptors (Lipinski definition) is 4. The van der Waals surface area contributed by atoms with Gasteiger partial charge in [0.25, 0.3) is 0 Å². The number of nitrogens with one attached hydrogen (secondary N) is 2. The van der Waals surface area contributed by atoms with Crippen LogP contribution >= 0.6 is 27.7 Å². The number of piperazine rings is 1. The van der Waals surface area contributed by atoms with Gasteiger partial charge in [0, 0.05) is 48.6 Å². The molecule has 1 amide bonds. The van der Waals surface area contributed by atoms with Crippen molar-refractivity contribution in [2.75, 3.05) is 45.0 Å². The van der Waals surface area contributed by atoms with Gasteiger partial charge in [0.1, 0.15) is 0 Å². The Morgan fingerprint density at radius 1 is 1.43 bits per heavy atom. The summed E-state index contributed by atoms with van der Waals surface area (Å²) in [6.45, 7) is 7.98. The maximum Gasteiger partial charge on any atom is 0.230 e. The quantitative estimate of drug-likeness (QED) is 0.749. The molecule has 1 saturated heterocycles. The second-order valence-corrected chi connectivity index (χ2v) is 7.07. The van der Waals surface area contributed by atoms with Crippen LogP contribution < -0.4 is 10.6 Å². The minimum atomic E-state index is 0.109. The van der Waals surface area contributed by atoms with Crippen LogP contribution in [-0.4, -0.2) is 55.8 Å². The lowest BCUT2D eigenvalue weighted by Crippen LogP contribution is -2.46. The van der Waals surface area contributed by atoms with Crippen LogP contribution in [-0.2, 0) is 4.79 Å². The van der Waals surface area contributed by atoms with E-state index in [4.69, 9.17) is 0 Å². The van der Waals surface area contributed by atoms with Crippen LogP contribution in [0.3, 0.4) is 0 Å². The zero-order valence-electron chi connectivity index (χ0n) is 12.3. The molecule has 0 spiro atoms. The molecule has 1 fully saturated rings. The van der Waals surface area contributed by atoms with E-state index < -0.39 is 0 Å². The van der Waals surface area contributed by atoms with E-state index in [1.54, 1.807) is 11.8 Å². The van der Waals surface area contributed by atoms with Gasteiger partial charge in [0.2, 0.25) is 5.91 Å². The second-order valence-electron chi connectivity index (χ2n) is 5.14. The third kappa shape index (κ3) is 5.98. The van der Waals surface area contributed by atoms with E-state index in [1.807, 2.05) is 6.07 Å². The highest BCUT2D eigenvalue weighted by molar-refractivity contribution is 9.10. The number of thioether (sulfide) groups is 1. The van der Waals surface area contributed by atoms with Gasteiger partial charge < -0.3 is 10.6 Å². The van der Waals surface area contributed by atoms with Crippen molar-refractivity contribution in [1.82, 2.24) is 15.5 Å². The minimum absolute atomic E-state index is 0.109. The normalized spacial score (nSPS) is 15.9. The highest BCUT2D eigenvalue weighted by atomic mass is 79.9. The molecule has 0 aromatic heterocycles. The smallest absolute Gasteiger partial charge is 0.230 e. The maximum absolute atomic E-state index is 11.9. The molecule has 116 valence electrons. The topological polar surface area (TPSA) is 44.4 Å². The summed E-state index contributed by atoms with van der Waals surface area (Å²) in [5, 5.41) is 6.33. The first kappa shape index (κ1) is 16.8. The van der Waals surface area contributed by atoms with Crippen molar-refractivity contribution in [3.8, 4) is 0 Å². The number of halogens is 1. The van der Waals surface area contributed by atoms with Crippen molar-refractivity contribution < 1.29 is 4.79 Å². The summed E-state index contributed by atoms with van der Waals surface area (Å²) in [6.07, 6.45) is 0. The van der Waals surface area contributed by atoms with Gasteiger partial charge in [-0.05, 0) is 30.7 Å². The van der Waals surface area contributed by atoms with Gasteiger partial charge in [-0.3, -0.25) is 9.69 Å². The van der Waals surface area contributed by atoms with E-state index in [1.165, 1.54) is 5.56 Å². The summed E-state index contributed by atoms with van der Waals surface area (Å²) in [7, 11) is 0. The maximum atomic E-state index is 11.9. The van der Waals surface area contributed by atoms with Crippen LogP contribution in [0.25, 0.3) is 0 Å². The van der Waals surface area contributed by atoms with Crippen LogP contribution in [0.4, 0.5) is 0 Å². The Bertz CT molecular complexity index is 478. The zero-order chi connectivity index (χ0) is 15.1. The van der Waals surface area contributed by atoms with E-state index in [0.717, 1.165) is 48.6 Å². The Morgan fingerprint density at radius 3 is 2.90 bits per heavy atom. The van der Waals surface area contributed by atoms with Crippen LogP contribution in [0.1, 0.15) is 5.56 Å². The molecule has 0 aliphatic carbocycles. The molecule has 1 heterocycles. The predicted octanol–water partition coefficient (Wildman–Crippen LogP) is 1.87. The lowest BCUT2D eigenvalue weighted by molar-refractivity contribution is -0.118. The molecule has 0 radical (unpaired) electrons. The van der Waals surface area contributed by atoms with Crippen molar-refractivity contribution in [3.63, 3.8) is 0 Å². The van der Waals surface area contributed by atoms with E-state index in [2.05, 4.69) is 50.5 Å². The molecule has 1 aromatic carbocycles. The summed E-state index contributed by atoms with van der Waals surface area (Å²) in [5.74, 6) is 0.585. The van der Waals surface area contributed by atoms with Gasteiger partial charge in [-0.15, -0.1) is 11.8 Å². The molecule has 0 atom stereocenters. The van der Waals surface area contributed by atoms with Crippen LogP contribution in [0.5, 0.6) is 0 Å². The third-order valence-electron chi connectivity index (χ3n) is 3.46. The summed E-state index contributed by atoms with van der Waals surface area (Å²) in [6, 6.07) is 6.14. The largest absolute Gasteiger partial charge is 0.354 e. The molecule has 0 unspecified atom stereocenters. The number of carbonyl (C=O) groups is 1. The van der Waals surface area contributed by atoms with Gasteiger partial charge in [0.05, 0.1) is 5.75 Å². The van der Waals surface area contributed by atoms with Crippen LogP contribution in [0.2, 0.25) is 0 Å². The highest BCUT2D eigenvalue weighted by Crippen LogP contribution is 2.24. The van der Waals surface area contributed by atoms with Gasteiger partial charge >= 0.3 is 0 Å². The van der Waals surface area contributed by atoms with Gasteiger partial charge in [-0.1, -0.05) is 15.9 Å². The lowest BCUT2D eigenvalue weighted by atomic mass is 10.2. The number of rotatable bonds is 6. The highest BCUT2D eigenvalue weighted by Gasteiger charge is 2.10. The molecule has 1 aliphatic heterocycles. The van der Waals surface area contributed by atoms with Crippen molar-refractivity contribution in [2.24, 2.45) is 0 Å². The van der Waals surface area contributed by atoms with Gasteiger partial charge in [-0.2, -0.15) is 0 Å². The molecule has 1 aliphatic rings. The molecule has 2 N–H and O–H groups in total. The zero-order valence-corrected chi connectivity index (χ0v) is 14.7. The number of aryl methyl sites for hydroxylation is 1. The SMILES string of the molecule is Cc1cc(Br)ccc1SCC(=O)NCCN1CCNCC1. The fourth-order valence-corrected chi connectivity index (χ4v) is 3.57. The molecule has 4 nitrogen and oxygen atoms in total. The van der Waals surface area contributed by atoms with Crippen molar-refractivity contribution in [3.05, 3.63) is 28.2 Å². The number of carbonyl (C=O) groups excluding carboxylic acids is 1. The van der Waals surface area contributed by atoms with E-state index in [9.17, 15) is 4.79 Å². The standard InChI is InChI=1S/C15H22BrN3OS/c1-12-10-13(16)2-3-14(12)21-11-15(20)18-6-9-19-7-4-17-5-8-19/h2-3,10,17H,4-9,11H2,1H3,(H,18,20). The minimum Gasteiger partial charge on any atom is -0.354 e. The average Bonchev–Trinajstić information content (AvgIpc) is 2.47. The molecule has 1 aromatic rings. The summed E-state index contributed by atoms with van der Waals surface area (Å²) in [4.78, 5) is 15.4. The monoisotopic (exact) mass is 371 g/mol. The van der Waals surface area contributed by atoms with E-state index >= 15 is 0 Å². The number of benzene rings is 1. The Labute approximate surface area is 139 Å². The summed E-state index contributed by atoms with van der Waals surface area (Å²) >= 11 is 5.04. The number of hydrogen-bond donors (Lipinski definition) is 2. The number of amides is 1. The Kier molecular flexibility index (Phi) is 7.03. The van der Waals surface area contributed by atoms with Gasteiger partial charge in [0.15, 0.2) is 0 Å². The van der Waals surface area contributed by atoms with Gasteiger partial charge in [-0.25, -0.2) is 0 Å². The fourth-order valence-electron chi connectivity index (χ4n) is 2.26. The summed E-state index contributed by atoms with van der Waals surface area (Å²) in [5.41, 5.74) is 1.20. The fraction of sp³-hybridized carbons (Fsp3) is 0.533. The third-order valence-corrected chi connectivity index (χ3v) is 5.12. The molecule has 6 heteroatoms. The van der Waals surface area contributed by atoms with Crippen LogP contribution in [0, 0.1) is 6.92 Å². The first-order valence-corrected chi connectivity index (χ1v) is 9.02. The molecule has 0 saturated carbocycles. The van der Waals surface area contributed by atoms with Crippen molar-refractivity contribution >= 4 is 33.6 Å². The van der Waals surface area contributed by atoms with Crippen LogP contribution in [0.15, 0.2) is 27.6 Å². The average molecular weight is 372 g/mol. The predicted molar refractivity (Wildman–Crippen MR) is 91.9 cm³/mol. The Morgan fingerprint density at radius 2 is 2.19 bits per heavy atom. The molecule has 0 bridgehead atoms. The van der Waals surface area contributed by atoms with Crippen molar-refractivity contribution in [1.29, 1.82) is 0 Å². The molecule has 2 rings (SSSR count). The Hall–Kier alpha value is -0.560. The molecule has 21 heavy (non-hydrogen) atoms. The van der Waals surface area contributed by atoms with Crippen molar-refractivity contribution in [2.45, 2.75) is 11.8 Å². The molecular formula is C15H22BrN3OS. The second kappa shape index (κ2) is 8.78. The first-order chi connectivity index (χ1) is 10.1. The van der Waals surface area contributed by atoms with E-state index in [0.29, 0.717) is 5.75 Å². The molecular weight excluding hydrogens is 350 g/mol. The lowest BCUT2D eigenvalue weighted by Gasteiger charge is -2.27. The summed E-state index contributed by atoms with van der Waals surface area (Å²) < 4.78 is 1.07.